The highest BCUT2D eigenvalue weighted by Crippen LogP contribution is 2.31. The number of carbonyl (C=O) groups excluding carboxylic acids is 1. The van der Waals surface area contributed by atoms with Crippen molar-refractivity contribution in [2.75, 3.05) is 0 Å². The lowest BCUT2D eigenvalue weighted by Gasteiger charge is -2.23. The maximum Gasteiger partial charge on any atom is 0.190 e. The van der Waals surface area contributed by atoms with Crippen LogP contribution in [-0.2, 0) is 26.5 Å². The zero-order valence-corrected chi connectivity index (χ0v) is 19.6. The third-order valence-corrected chi connectivity index (χ3v) is 8.56. The molecule has 0 amide bonds. The first-order valence-electron chi connectivity index (χ1n) is 9.81. The third-order valence-electron chi connectivity index (χ3n) is 5.25. The second-order valence-corrected chi connectivity index (χ2v) is 12.3. The summed E-state index contributed by atoms with van der Waals surface area (Å²) in [5.41, 5.74) is 2.73. The van der Waals surface area contributed by atoms with E-state index >= 15 is 0 Å². The van der Waals surface area contributed by atoms with Gasteiger partial charge in [0.05, 0.1) is 17.0 Å². The van der Waals surface area contributed by atoms with Crippen molar-refractivity contribution in [3.05, 3.63) is 70.7 Å². The molecule has 3 aromatic rings. The minimum atomic E-state index is -3.85. The van der Waals surface area contributed by atoms with E-state index in [2.05, 4.69) is 25.8 Å². The van der Waals surface area contributed by atoms with Crippen LogP contribution in [0.1, 0.15) is 45.3 Å². The van der Waals surface area contributed by atoms with Gasteiger partial charge in [0.15, 0.2) is 15.6 Å². The minimum absolute atomic E-state index is 0.00900. The standard InChI is InChI=1S/C24H27NO3S2/c1-23(2,3)20-16-29-22(25-20)15-21(26)24(4,5)30(27,28)19-13-11-18(12-14-19)17-9-7-6-8-10-17/h6-14,16H,15H2,1-5H3. The molecule has 0 radical (unpaired) electrons. The molecule has 0 atom stereocenters. The maximum absolute atomic E-state index is 13.3. The van der Waals surface area contributed by atoms with Crippen LogP contribution in [0.25, 0.3) is 11.1 Å². The molecule has 0 unspecified atom stereocenters. The van der Waals surface area contributed by atoms with E-state index < -0.39 is 14.6 Å². The molecule has 4 nitrogen and oxygen atoms in total. The summed E-state index contributed by atoms with van der Waals surface area (Å²) in [4.78, 5) is 17.7. The van der Waals surface area contributed by atoms with Crippen LogP contribution in [0.3, 0.4) is 0 Å². The van der Waals surface area contributed by atoms with Crippen molar-refractivity contribution in [2.24, 2.45) is 0 Å². The van der Waals surface area contributed by atoms with Gasteiger partial charge in [0.25, 0.3) is 0 Å². The summed E-state index contributed by atoms with van der Waals surface area (Å²) in [6, 6.07) is 16.5. The average molecular weight is 442 g/mol. The molecule has 0 N–H and O–H groups in total. The van der Waals surface area contributed by atoms with Gasteiger partial charge in [-0.2, -0.15) is 0 Å². The van der Waals surface area contributed by atoms with Crippen molar-refractivity contribution < 1.29 is 13.2 Å². The smallest absolute Gasteiger partial charge is 0.190 e. The lowest BCUT2D eigenvalue weighted by Crippen LogP contribution is -2.41. The summed E-state index contributed by atoms with van der Waals surface area (Å²) < 4.78 is 25.0. The number of Topliss-reactive ketones (excluding diaryl/α,β-unsaturated/α-hetero) is 1. The van der Waals surface area contributed by atoms with E-state index in [4.69, 9.17) is 0 Å². The number of thiazole rings is 1. The molecule has 0 aliphatic heterocycles. The number of carbonyl (C=O) groups is 1. The molecule has 1 aromatic heterocycles. The molecule has 0 aliphatic rings. The van der Waals surface area contributed by atoms with Gasteiger partial charge in [-0.15, -0.1) is 11.3 Å². The first-order valence-corrected chi connectivity index (χ1v) is 12.2. The Morgan fingerprint density at radius 2 is 1.47 bits per heavy atom. The van der Waals surface area contributed by atoms with E-state index in [1.165, 1.54) is 25.2 Å². The summed E-state index contributed by atoms with van der Waals surface area (Å²) in [6.07, 6.45) is 0.00900. The molecule has 0 bridgehead atoms. The normalized spacial score (nSPS) is 12.7. The zero-order chi connectivity index (χ0) is 22.2. The lowest BCUT2D eigenvalue weighted by atomic mass is 9.93. The van der Waals surface area contributed by atoms with Crippen molar-refractivity contribution in [1.29, 1.82) is 0 Å². The molecule has 30 heavy (non-hydrogen) atoms. The average Bonchev–Trinajstić information content (AvgIpc) is 3.17. The maximum atomic E-state index is 13.3. The highest BCUT2D eigenvalue weighted by molar-refractivity contribution is 7.93. The molecule has 2 aromatic carbocycles. The third kappa shape index (κ3) is 4.40. The topological polar surface area (TPSA) is 64.1 Å². The molecule has 0 spiro atoms. The molecule has 0 saturated heterocycles. The van der Waals surface area contributed by atoms with Crippen LogP contribution in [0.2, 0.25) is 0 Å². The van der Waals surface area contributed by atoms with E-state index in [1.54, 1.807) is 24.3 Å². The molecule has 0 fully saturated rings. The fraction of sp³-hybridized carbons (Fsp3) is 0.333. The van der Waals surface area contributed by atoms with Crippen LogP contribution in [0.5, 0.6) is 0 Å². The molecule has 3 rings (SSSR count). The van der Waals surface area contributed by atoms with Gasteiger partial charge in [-0.05, 0) is 37.1 Å². The molecular formula is C24H27NO3S2. The van der Waals surface area contributed by atoms with E-state index in [0.717, 1.165) is 16.8 Å². The van der Waals surface area contributed by atoms with Gasteiger partial charge in [0.2, 0.25) is 0 Å². The Bertz CT molecular complexity index is 1140. The van der Waals surface area contributed by atoms with Gasteiger partial charge < -0.3 is 0 Å². The van der Waals surface area contributed by atoms with Crippen LogP contribution in [0.4, 0.5) is 0 Å². The number of aromatic nitrogens is 1. The minimum Gasteiger partial charge on any atom is -0.297 e. The van der Waals surface area contributed by atoms with Gasteiger partial charge >= 0.3 is 0 Å². The summed E-state index contributed by atoms with van der Waals surface area (Å²) >= 11 is 1.40. The second kappa shape index (κ2) is 8.08. The van der Waals surface area contributed by atoms with Gasteiger partial charge in [-0.25, -0.2) is 13.4 Å². The quantitative estimate of drug-likeness (QED) is 0.509. The predicted octanol–water partition coefficient (Wildman–Crippen LogP) is 5.47. The molecule has 6 heteroatoms. The Morgan fingerprint density at radius 3 is 2.00 bits per heavy atom. The Morgan fingerprint density at radius 1 is 0.900 bits per heavy atom. The van der Waals surface area contributed by atoms with Crippen LogP contribution < -0.4 is 0 Å². The molecule has 0 aliphatic carbocycles. The number of rotatable bonds is 6. The van der Waals surface area contributed by atoms with E-state index in [1.807, 2.05) is 35.7 Å². The first kappa shape index (κ1) is 22.4. The van der Waals surface area contributed by atoms with E-state index in [0.29, 0.717) is 5.01 Å². The molecular weight excluding hydrogens is 414 g/mol. The number of ketones is 1. The molecule has 158 valence electrons. The van der Waals surface area contributed by atoms with Crippen LogP contribution in [-0.4, -0.2) is 23.9 Å². The summed E-state index contributed by atoms with van der Waals surface area (Å²) in [5.74, 6) is -0.357. The highest BCUT2D eigenvalue weighted by Gasteiger charge is 2.42. The Hall–Kier alpha value is -2.31. The Labute approximate surface area is 182 Å². The van der Waals surface area contributed by atoms with Crippen molar-refractivity contribution in [2.45, 2.75) is 56.1 Å². The fourth-order valence-electron chi connectivity index (χ4n) is 2.99. The largest absolute Gasteiger partial charge is 0.297 e. The first-order chi connectivity index (χ1) is 13.9. The van der Waals surface area contributed by atoms with Crippen LogP contribution in [0, 0.1) is 0 Å². The number of hydrogen-bond donors (Lipinski definition) is 0. The molecule has 1 heterocycles. The predicted molar refractivity (Wildman–Crippen MR) is 123 cm³/mol. The number of hydrogen-bond acceptors (Lipinski definition) is 5. The summed E-state index contributed by atoms with van der Waals surface area (Å²) in [5, 5.41) is 2.58. The highest BCUT2D eigenvalue weighted by atomic mass is 32.2. The van der Waals surface area contributed by atoms with E-state index in [9.17, 15) is 13.2 Å². The molecule has 0 saturated carbocycles. The second-order valence-electron chi connectivity index (χ2n) is 8.88. The Kier molecular flexibility index (Phi) is 6.03. The van der Waals surface area contributed by atoms with Gasteiger partial charge in [0.1, 0.15) is 9.75 Å². The lowest BCUT2D eigenvalue weighted by molar-refractivity contribution is -0.120. The van der Waals surface area contributed by atoms with Crippen LogP contribution >= 0.6 is 11.3 Å². The van der Waals surface area contributed by atoms with Crippen LogP contribution in [0.15, 0.2) is 64.9 Å². The zero-order valence-electron chi connectivity index (χ0n) is 18.0. The number of nitrogens with zero attached hydrogens (tertiary/aromatic N) is 1. The van der Waals surface area contributed by atoms with Gasteiger partial charge in [-0.1, -0.05) is 63.2 Å². The van der Waals surface area contributed by atoms with Gasteiger partial charge in [0, 0.05) is 10.8 Å². The van der Waals surface area contributed by atoms with Crippen molar-refractivity contribution in [1.82, 2.24) is 4.98 Å². The van der Waals surface area contributed by atoms with Crippen molar-refractivity contribution in [3.8, 4) is 11.1 Å². The number of sulfone groups is 1. The van der Waals surface area contributed by atoms with Crippen molar-refractivity contribution >= 4 is 27.0 Å². The fourth-order valence-corrected chi connectivity index (χ4v) is 5.46. The number of benzene rings is 2. The SMILES string of the molecule is CC(C)(C)c1csc(CC(=O)C(C)(C)S(=O)(=O)c2ccc(-c3ccccc3)cc2)n1. The Balaban J connectivity index is 1.83. The van der Waals surface area contributed by atoms with Gasteiger partial charge in [-0.3, -0.25) is 4.79 Å². The summed E-state index contributed by atoms with van der Waals surface area (Å²) in [7, 11) is -3.85. The van der Waals surface area contributed by atoms with Crippen molar-refractivity contribution in [3.63, 3.8) is 0 Å². The van der Waals surface area contributed by atoms with E-state index in [-0.39, 0.29) is 22.5 Å². The monoisotopic (exact) mass is 441 g/mol. The summed E-state index contributed by atoms with van der Waals surface area (Å²) in [6.45, 7) is 9.13.